The molecule has 0 unspecified atom stereocenters. The highest BCUT2D eigenvalue weighted by molar-refractivity contribution is 5.80. The molecule has 6 heteroatoms. The Labute approximate surface area is 193 Å². The van der Waals surface area contributed by atoms with Gasteiger partial charge >= 0.3 is 0 Å². The van der Waals surface area contributed by atoms with E-state index in [4.69, 9.17) is 0 Å². The van der Waals surface area contributed by atoms with E-state index >= 15 is 0 Å². The van der Waals surface area contributed by atoms with Gasteiger partial charge in [0.1, 0.15) is 0 Å². The standard InChI is InChI=1S/C26H41N5O/c1-27-26(29-24-12-15-30(16-13-24)19-21-7-3-2-4-8-21)28-18-22-9-5-10-23(17-22)20-31-14-6-11-25(31)32/h5,9-10,17,21,24H,2-4,6-8,11-16,18-20H2,1H3,(H2,27,28,29). The van der Waals surface area contributed by atoms with Crippen molar-refractivity contribution in [3.63, 3.8) is 0 Å². The number of guanidine groups is 1. The van der Waals surface area contributed by atoms with Crippen molar-refractivity contribution < 1.29 is 4.79 Å². The van der Waals surface area contributed by atoms with Gasteiger partial charge in [-0.3, -0.25) is 9.79 Å². The zero-order chi connectivity index (χ0) is 22.2. The topological polar surface area (TPSA) is 60.0 Å². The number of piperidine rings is 1. The molecular weight excluding hydrogens is 398 g/mol. The van der Waals surface area contributed by atoms with Crippen LogP contribution in [0.15, 0.2) is 29.3 Å². The largest absolute Gasteiger partial charge is 0.354 e. The first kappa shape index (κ1) is 23.1. The maximum absolute atomic E-state index is 11.9. The fraction of sp³-hybridized carbons (Fsp3) is 0.692. The number of amides is 1. The van der Waals surface area contributed by atoms with E-state index in [1.165, 1.54) is 75.7 Å². The van der Waals surface area contributed by atoms with Gasteiger partial charge in [-0.1, -0.05) is 43.5 Å². The molecule has 2 heterocycles. The number of benzene rings is 1. The molecular formula is C26H41N5O. The normalized spacial score (nSPS) is 21.8. The first-order valence-corrected chi connectivity index (χ1v) is 12.7. The second-order valence-corrected chi connectivity index (χ2v) is 9.89. The number of carbonyl (C=O) groups is 1. The van der Waals surface area contributed by atoms with E-state index in [-0.39, 0.29) is 5.91 Å². The highest BCUT2D eigenvalue weighted by Crippen LogP contribution is 2.25. The summed E-state index contributed by atoms with van der Waals surface area (Å²) in [5.74, 6) is 2.10. The van der Waals surface area contributed by atoms with Crippen LogP contribution in [0.5, 0.6) is 0 Å². The van der Waals surface area contributed by atoms with Crippen LogP contribution in [0.3, 0.4) is 0 Å². The Morgan fingerprint density at radius 3 is 2.53 bits per heavy atom. The van der Waals surface area contributed by atoms with Gasteiger partial charge in [-0.2, -0.15) is 0 Å². The quantitative estimate of drug-likeness (QED) is 0.504. The minimum absolute atomic E-state index is 0.280. The summed E-state index contributed by atoms with van der Waals surface area (Å²) in [4.78, 5) is 21.0. The molecule has 0 atom stereocenters. The lowest BCUT2D eigenvalue weighted by Gasteiger charge is -2.36. The van der Waals surface area contributed by atoms with Gasteiger partial charge < -0.3 is 20.4 Å². The van der Waals surface area contributed by atoms with Crippen LogP contribution in [0.25, 0.3) is 0 Å². The molecule has 2 saturated heterocycles. The van der Waals surface area contributed by atoms with Crippen LogP contribution >= 0.6 is 0 Å². The Morgan fingerprint density at radius 2 is 1.81 bits per heavy atom. The van der Waals surface area contributed by atoms with Crippen molar-refractivity contribution in [2.75, 3.05) is 33.2 Å². The van der Waals surface area contributed by atoms with Gasteiger partial charge in [0.05, 0.1) is 0 Å². The number of hydrogen-bond acceptors (Lipinski definition) is 3. The highest BCUT2D eigenvalue weighted by atomic mass is 16.2. The van der Waals surface area contributed by atoms with Gasteiger partial charge in [0.15, 0.2) is 5.96 Å². The molecule has 2 N–H and O–H groups in total. The molecule has 1 aromatic rings. The number of nitrogens with zero attached hydrogens (tertiary/aromatic N) is 3. The molecule has 4 rings (SSSR count). The number of aliphatic imine (C=N–C) groups is 1. The van der Waals surface area contributed by atoms with E-state index in [1.54, 1.807) is 0 Å². The van der Waals surface area contributed by atoms with Crippen LogP contribution in [-0.4, -0.2) is 60.9 Å². The molecule has 0 radical (unpaired) electrons. The predicted octanol–water partition coefficient (Wildman–Crippen LogP) is 3.52. The summed E-state index contributed by atoms with van der Waals surface area (Å²) in [6.07, 6.45) is 11.2. The number of hydrogen-bond donors (Lipinski definition) is 2. The molecule has 6 nitrogen and oxygen atoms in total. The van der Waals surface area contributed by atoms with E-state index < -0.39 is 0 Å². The molecule has 3 aliphatic rings. The number of carbonyl (C=O) groups excluding carboxylic acids is 1. The molecule has 176 valence electrons. The van der Waals surface area contributed by atoms with E-state index in [0.29, 0.717) is 12.5 Å². The van der Waals surface area contributed by atoms with Crippen LogP contribution in [0.2, 0.25) is 0 Å². The van der Waals surface area contributed by atoms with Crippen molar-refractivity contribution in [2.45, 2.75) is 76.9 Å². The van der Waals surface area contributed by atoms with Gasteiger partial charge in [0.2, 0.25) is 5.91 Å². The van der Waals surface area contributed by atoms with Crippen LogP contribution < -0.4 is 10.6 Å². The van der Waals surface area contributed by atoms with Gasteiger partial charge in [0, 0.05) is 58.8 Å². The van der Waals surface area contributed by atoms with Crippen LogP contribution in [0.1, 0.15) is 68.9 Å². The fourth-order valence-corrected chi connectivity index (χ4v) is 5.50. The van der Waals surface area contributed by atoms with Gasteiger partial charge in [0.25, 0.3) is 0 Å². The molecule has 1 aromatic carbocycles. The van der Waals surface area contributed by atoms with Crippen molar-refractivity contribution in [3.05, 3.63) is 35.4 Å². The Balaban J connectivity index is 1.19. The van der Waals surface area contributed by atoms with Crippen LogP contribution in [-0.2, 0) is 17.9 Å². The maximum atomic E-state index is 11.9. The minimum Gasteiger partial charge on any atom is -0.354 e. The van der Waals surface area contributed by atoms with Crippen molar-refractivity contribution in [2.24, 2.45) is 10.9 Å². The zero-order valence-corrected chi connectivity index (χ0v) is 19.8. The Morgan fingerprint density at radius 1 is 1.03 bits per heavy atom. The van der Waals surface area contributed by atoms with Crippen molar-refractivity contribution in [1.29, 1.82) is 0 Å². The Hall–Kier alpha value is -2.08. The van der Waals surface area contributed by atoms with Crippen LogP contribution in [0, 0.1) is 5.92 Å². The van der Waals surface area contributed by atoms with E-state index in [0.717, 1.165) is 37.9 Å². The summed E-state index contributed by atoms with van der Waals surface area (Å²) in [5, 5.41) is 7.12. The van der Waals surface area contributed by atoms with E-state index in [2.05, 4.69) is 44.8 Å². The first-order chi connectivity index (χ1) is 15.7. The molecule has 1 aliphatic carbocycles. The average molecular weight is 440 g/mol. The zero-order valence-electron chi connectivity index (χ0n) is 19.8. The van der Waals surface area contributed by atoms with Gasteiger partial charge in [-0.15, -0.1) is 0 Å². The highest BCUT2D eigenvalue weighted by Gasteiger charge is 2.23. The first-order valence-electron chi connectivity index (χ1n) is 12.7. The van der Waals surface area contributed by atoms with Gasteiger partial charge in [-0.25, -0.2) is 0 Å². The summed E-state index contributed by atoms with van der Waals surface area (Å²) in [6, 6.07) is 9.04. The van der Waals surface area contributed by atoms with E-state index in [1.807, 2.05) is 11.9 Å². The smallest absolute Gasteiger partial charge is 0.222 e. The monoisotopic (exact) mass is 439 g/mol. The lowest BCUT2D eigenvalue weighted by Crippen LogP contribution is -2.49. The number of likely N-dealkylation sites (tertiary alicyclic amines) is 2. The third-order valence-corrected chi connectivity index (χ3v) is 7.39. The molecule has 0 bridgehead atoms. The second kappa shape index (κ2) is 11.7. The second-order valence-electron chi connectivity index (χ2n) is 9.89. The summed E-state index contributed by atoms with van der Waals surface area (Å²) in [7, 11) is 1.85. The number of nitrogens with one attached hydrogen (secondary N) is 2. The SMILES string of the molecule is CN=C(NCc1cccc(CN2CCCC2=O)c1)NC1CCN(CC2CCCCC2)CC1. The van der Waals surface area contributed by atoms with Crippen molar-refractivity contribution in [1.82, 2.24) is 20.4 Å². The Kier molecular flexibility index (Phi) is 8.43. The molecule has 2 aliphatic heterocycles. The summed E-state index contributed by atoms with van der Waals surface area (Å²) in [6.45, 7) is 6.04. The van der Waals surface area contributed by atoms with E-state index in [9.17, 15) is 4.79 Å². The van der Waals surface area contributed by atoms with Crippen molar-refractivity contribution >= 4 is 11.9 Å². The van der Waals surface area contributed by atoms with Gasteiger partial charge in [-0.05, 0) is 49.1 Å². The third kappa shape index (κ3) is 6.71. The molecule has 0 aromatic heterocycles. The third-order valence-electron chi connectivity index (χ3n) is 7.39. The molecule has 0 spiro atoms. The Bertz CT molecular complexity index is 765. The summed E-state index contributed by atoms with van der Waals surface area (Å²) in [5.41, 5.74) is 2.42. The summed E-state index contributed by atoms with van der Waals surface area (Å²) < 4.78 is 0. The maximum Gasteiger partial charge on any atom is 0.222 e. The minimum atomic E-state index is 0.280. The van der Waals surface area contributed by atoms with Crippen LogP contribution in [0.4, 0.5) is 0 Å². The molecule has 1 saturated carbocycles. The average Bonchev–Trinajstić information content (AvgIpc) is 3.23. The summed E-state index contributed by atoms with van der Waals surface area (Å²) >= 11 is 0. The molecule has 32 heavy (non-hydrogen) atoms. The lowest BCUT2D eigenvalue weighted by molar-refractivity contribution is -0.128. The van der Waals surface area contributed by atoms with Crippen molar-refractivity contribution in [3.8, 4) is 0 Å². The lowest BCUT2D eigenvalue weighted by atomic mass is 9.88. The predicted molar refractivity (Wildman–Crippen MR) is 130 cm³/mol. The molecule has 3 fully saturated rings. The fourth-order valence-electron chi connectivity index (χ4n) is 5.50. The molecule has 1 amide bonds. The number of rotatable bonds is 7.